The first kappa shape index (κ1) is 10.9. The third-order valence-electron chi connectivity index (χ3n) is 3.08. The highest BCUT2D eigenvalue weighted by molar-refractivity contribution is 5.53. The van der Waals surface area contributed by atoms with Gasteiger partial charge >= 0.3 is 0 Å². The largest absolute Gasteiger partial charge is 0.355 e. The maximum atomic E-state index is 9.06. The number of rotatable bonds is 1. The zero-order valence-corrected chi connectivity index (χ0v) is 9.85. The van der Waals surface area contributed by atoms with Crippen molar-refractivity contribution in [3.8, 4) is 6.07 Å². The highest BCUT2D eigenvalue weighted by atomic mass is 15.2. The molecule has 0 aliphatic carbocycles. The fourth-order valence-electron chi connectivity index (χ4n) is 2.57. The summed E-state index contributed by atoms with van der Waals surface area (Å²) in [5.74, 6) is 2.21. The fourth-order valence-corrected chi connectivity index (χ4v) is 2.57. The lowest BCUT2D eigenvalue weighted by Crippen LogP contribution is -2.39. The lowest BCUT2D eigenvalue weighted by atomic mass is 9.92. The van der Waals surface area contributed by atoms with Crippen LogP contribution in [0, 0.1) is 23.2 Å². The first-order valence-corrected chi connectivity index (χ1v) is 5.80. The quantitative estimate of drug-likeness (QED) is 0.722. The van der Waals surface area contributed by atoms with E-state index in [9.17, 15) is 0 Å². The van der Waals surface area contributed by atoms with Gasteiger partial charge in [-0.1, -0.05) is 13.8 Å². The predicted octanol–water partition coefficient (Wildman–Crippen LogP) is 2.44. The number of aromatic nitrogens is 1. The van der Waals surface area contributed by atoms with Gasteiger partial charge in [0.15, 0.2) is 0 Å². The summed E-state index contributed by atoms with van der Waals surface area (Å²) in [6.07, 6.45) is 3.03. The van der Waals surface area contributed by atoms with Gasteiger partial charge in [0, 0.05) is 19.3 Å². The molecular weight excluding hydrogens is 198 g/mol. The molecule has 0 aromatic carbocycles. The maximum Gasteiger partial charge on any atom is 0.146 e. The van der Waals surface area contributed by atoms with Crippen molar-refractivity contribution >= 4 is 5.82 Å². The minimum atomic E-state index is 0.678. The molecule has 0 N–H and O–H groups in total. The highest BCUT2D eigenvalue weighted by Gasteiger charge is 2.24. The molecule has 3 heteroatoms. The molecule has 2 atom stereocenters. The van der Waals surface area contributed by atoms with Crippen LogP contribution in [0.25, 0.3) is 0 Å². The Morgan fingerprint density at radius 3 is 2.69 bits per heavy atom. The number of hydrogen-bond acceptors (Lipinski definition) is 3. The van der Waals surface area contributed by atoms with Gasteiger partial charge in [-0.25, -0.2) is 4.98 Å². The van der Waals surface area contributed by atoms with Crippen LogP contribution in [-0.2, 0) is 0 Å². The molecule has 1 aromatic rings. The molecule has 2 heterocycles. The maximum absolute atomic E-state index is 9.06. The number of anilines is 1. The molecule has 1 aromatic heterocycles. The molecule has 0 radical (unpaired) electrons. The minimum absolute atomic E-state index is 0.678. The molecule has 16 heavy (non-hydrogen) atoms. The normalized spacial score (nSPS) is 25.2. The standard InChI is InChI=1S/C13H17N3/c1-10-6-11(2)9-16(8-10)13-12(7-14)4-3-5-15-13/h3-5,10-11H,6,8-9H2,1-2H3/t10-,11-/m1/s1. The van der Waals surface area contributed by atoms with Crippen LogP contribution in [0.4, 0.5) is 5.82 Å². The van der Waals surface area contributed by atoms with Gasteiger partial charge in [-0.15, -0.1) is 0 Å². The van der Waals surface area contributed by atoms with Crippen molar-refractivity contribution in [1.29, 1.82) is 5.26 Å². The molecule has 84 valence electrons. The van der Waals surface area contributed by atoms with E-state index in [1.807, 2.05) is 12.1 Å². The van der Waals surface area contributed by atoms with Crippen molar-refractivity contribution in [3.05, 3.63) is 23.9 Å². The monoisotopic (exact) mass is 215 g/mol. The third-order valence-corrected chi connectivity index (χ3v) is 3.08. The van der Waals surface area contributed by atoms with Gasteiger partial charge in [0.1, 0.15) is 11.9 Å². The molecule has 1 aliphatic rings. The molecule has 1 aliphatic heterocycles. The van der Waals surface area contributed by atoms with Crippen LogP contribution in [0.15, 0.2) is 18.3 Å². The second kappa shape index (κ2) is 4.52. The summed E-state index contributed by atoms with van der Waals surface area (Å²) in [5, 5.41) is 9.06. The van der Waals surface area contributed by atoms with Crippen LogP contribution in [-0.4, -0.2) is 18.1 Å². The lowest BCUT2D eigenvalue weighted by Gasteiger charge is -2.36. The first-order valence-electron chi connectivity index (χ1n) is 5.80. The number of nitrogens with zero attached hydrogens (tertiary/aromatic N) is 3. The average Bonchev–Trinajstić information content (AvgIpc) is 2.27. The van der Waals surface area contributed by atoms with Crippen LogP contribution in [0.3, 0.4) is 0 Å². The topological polar surface area (TPSA) is 39.9 Å². The van der Waals surface area contributed by atoms with Crippen molar-refractivity contribution in [2.24, 2.45) is 11.8 Å². The van der Waals surface area contributed by atoms with E-state index in [-0.39, 0.29) is 0 Å². The van der Waals surface area contributed by atoms with Gasteiger partial charge in [0.25, 0.3) is 0 Å². The number of pyridine rings is 1. The Bertz CT molecular complexity index is 398. The molecule has 1 saturated heterocycles. The van der Waals surface area contributed by atoms with E-state index < -0.39 is 0 Å². The van der Waals surface area contributed by atoms with Crippen molar-refractivity contribution in [3.63, 3.8) is 0 Å². The van der Waals surface area contributed by atoms with Crippen molar-refractivity contribution in [2.45, 2.75) is 20.3 Å². The first-order chi connectivity index (χ1) is 7.70. The summed E-state index contributed by atoms with van der Waals surface area (Å²) in [6, 6.07) is 5.88. The Morgan fingerprint density at radius 2 is 2.06 bits per heavy atom. The SMILES string of the molecule is C[C@@H]1C[C@@H](C)CN(c2ncccc2C#N)C1. The van der Waals surface area contributed by atoms with Crippen molar-refractivity contribution in [1.82, 2.24) is 4.98 Å². The van der Waals surface area contributed by atoms with Crippen molar-refractivity contribution < 1.29 is 0 Å². The summed E-state index contributed by atoms with van der Waals surface area (Å²) >= 11 is 0. The Balaban J connectivity index is 2.26. The number of piperidine rings is 1. The average molecular weight is 215 g/mol. The van der Waals surface area contributed by atoms with Crippen LogP contribution in [0.5, 0.6) is 0 Å². The molecule has 2 rings (SSSR count). The third kappa shape index (κ3) is 2.16. The molecule has 0 saturated carbocycles. The molecule has 3 nitrogen and oxygen atoms in total. The summed E-state index contributed by atoms with van der Waals surface area (Å²) in [6.45, 7) is 6.54. The molecule has 0 spiro atoms. The lowest BCUT2D eigenvalue weighted by molar-refractivity contribution is 0.355. The summed E-state index contributed by atoms with van der Waals surface area (Å²) in [4.78, 5) is 6.59. The Hall–Kier alpha value is -1.56. The van der Waals surface area contributed by atoms with Gasteiger partial charge in [-0.3, -0.25) is 0 Å². The van der Waals surface area contributed by atoms with Gasteiger partial charge in [0.05, 0.1) is 5.56 Å². The number of nitriles is 1. The zero-order chi connectivity index (χ0) is 11.5. The van der Waals surface area contributed by atoms with E-state index in [0.717, 1.165) is 18.9 Å². The van der Waals surface area contributed by atoms with Gasteiger partial charge in [0.2, 0.25) is 0 Å². The van der Waals surface area contributed by atoms with Gasteiger partial charge in [-0.2, -0.15) is 5.26 Å². The van der Waals surface area contributed by atoms with Crippen LogP contribution < -0.4 is 4.90 Å². The molecule has 1 fully saturated rings. The van der Waals surface area contributed by atoms with E-state index in [4.69, 9.17) is 5.26 Å². The predicted molar refractivity (Wildman–Crippen MR) is 64.1 cm³/mol. The second-order valence-electron chi connectivity index (χ2n) is 4.84. The van der Waals surface area contributed by atoms with E-state index in [1.165, 1.54) is 6.42 Å². The molecular formula is C13H17N3. The van der Waals surface area contributed by atoms with Gasteiger partial charge < -0.3 is 4.90 Å². The zero-order valence-electron chi connectivity index (χ0n) is 9.85. The highest BCUT2D eigenvalue weighted by Crippen LogP contribution is 2.26. The van der Waals surface area contributed by atoms with E-state index in [0.29, 0.717) is 17.4 Å². The van der Waals surface area contributed by atoms with Crippen molar-refractivity contribution in [2.75, 3.05) is 18.0 Å². The Labute approximate surface area is 96.7 Å². The van der Waals surface area contributed by atoms with E-state index in [1.54, 1.807) is 6.20 Å². The van der Waals surface area contributed by atoms with E-state index >= 15 is 0 Å². The summed E-state index contributed by atoms with van der Waals surface area (Å²) in [5.41, 5.74) is 0.684. The summed E-state index contributed by atoms with van der Waals surface area (Å²) in [7, 11) is 0. The molecule has 0 bridgehead atoms. The Kier molecular flexibility index (Phi) is 3.09. The number of hydrogen-bond donors (Lipinski definition) is 0. The smallest absolute Gasteiger partial charge is 0.146 e. The second-order valence-corrected chi connectivity index (χ2v) is 4.84. The van der Waals surface area contributed by atoms with Crippen LogP contribution >= 0.6 is 0 Å². The Morgan fingerprint density at radius 1 is 1.38 bits per heavy atom. The summed E-state index contributed by atoms with van der Waals surface area (Å²) < 4.78 is 0. The van der Waals surface area contributed by atoms with Gasteiger partial charge in [-0.05, 0) is 30.4 Å². The molecule has 0 unspecified atom stereocenters. The van der Waals surface area contributed by atoms with Crippen LogP contribution in [0.1, 0.15) is 25.8 Å². The van der Waals surface area contributed by atoms with E-state index in [2.05, 4.69) is 29.8 Å². The minimum Gasteiger partial charge on any atom is -0.355 e. The fraction of sp³-hybridized carbons (Fsp3) is 0.538. The molecule has 0 amide bonds. The van der Waals surface area contributed by atoms with Crippen LogP contribution in [0.2, 0.25) is 0 Å².